The number of carboxylic acids is 1. The molecule has 6 rings (SSSR count). The molecule has 2 bridgehead atoms. The number of rotatable bonds is 6. The Bertz CT molecular complexity index is 956. The maximum Gasteiger partial charge on any atom is 0.307 e. The number of carbonyl (C=O) groups excluding carboxylic acids is 1. The summed E-state index contributed by atoms with van der Waals surface area (Å²) in [5, 5.41) is 21.2. The first-order chi connectivity index (χ1) is 14.0. The van der Waals surface area contributed by atoms with Gasteiger partial charge in [-0.15, -0.1) is 5.10 Å². The van der Waals surface area contributed by atoms with Gasteiger partial charge in [-0.05, 0) is 56.1 Å². The van der Waals surface area contributed by atoms with Gasteiger partial charge in [0.15, 0.2) is 0 Å². The van der Waals surface area contributed by atoms with Crippen molar-refractivity contribution in [2.24, 2.45) is 17.3 Å². The quantitative estimate of drug-likeness (QED) is 0.785. The fraction of sp³-hybridized carbons (Fsp3) is 0.545. The Balaban J connectivity index is 1.19. The van der Waals surface area contributed by atoms with Gasteiger partial charge in [0.2, 0.25) is 5.91 Å². The van der Waals surface area contributed by atoms with E-state index in [4.69, 9.17) is 0 Å². The maximum atomic E-state index is 12.8. The number of carbonyl (C=O) groups is 2. The van der Waals surface area contributed by atoms with Crippen LogP contribution >= 0.6 is 0 Å². The molecule has 0 aliphatic heterocycles. The molecule has 152 valence electrons. The minimum Gasteiger partial charge on any atom is -0.481 e. The van der Waals surface area contributed by atoms with Gasteiger partial charge in [0, 0.05) is 11.6 Å². The first kappa shape index (κ1) is 18.3. The molecule has 1 heterocycles. The number of nitrogens with one attached hydrogen (secondary N) is 1. The van der Waals surface area contributed by atoms with Crippen LogP contribution in [0.15, 0.2) is 30.5 Å². The number of hydrogen-bond donors (Lipinski definition) is 2. The first-order valence-electron chi connectivity index (χ1n) is 10.5. The van der Waals surface area contributed by atoms with Crippen molar-refractivity contribution >= 4 is 11.9 Å². The molecular weight excluding hydrogens is 368 g/mol. The molecule has 2 N–H and O–H groups in total. The van der Waals surface area contributed by atoms with Crippen molar-refractivity contribution in [3.8, 4) is 11.3 Å². The molecule has 1 unspecified atom stereocenters. The lowest BCUT2D eigenvalue weighted by Gasteiger charge is -2.42. The van der Waals surface area contributed by atoms with Crippen molar-refractivity contribution in [2.45, 2.75) is 57.5 Å². The van der Waals surface area contributed by atoms with Crippen molar-refractivity contribution in [2.75, 3.05) is 0 Å². The molecule has 0 radical (unpaired) electrons. The molecule has 0 saturated heterocycles. The van der Waals surface area contributed by atoms with E-state index < -0.39 is 17.3 Å². The Kier molecular flexibility index (Phi) is 4.22. The van der Waals surface area contributed by atoms with Crippen molar-refractivity contribution in [1.29, 1.82) is 0 Å². The third-order valence-electron chi connectivity index (χ3n) is 7.26. The van der Waals surface area contributed by atoms with Crippen molar-refractivity contribution in [3.05, 3.63) is 36.0 Å². The molecule has 29 heavy (non-hydrogen) atoms. The number of aryl methyl sites for hydroxylation is 1. The molecule has 1 atom stereocenters. The summed E-state index contributed by atoms with van der Waals surface area (Å²) in [5.74, 6) is -0.984. The summed E-state index contributed by atoms with van der Waals surface area (Å²) in [4.78, 5) is 24.3. The van der Waals surface area contributed by atoms with Gasteiger partial charge in [-0.2, -0.15) is 0 Å². The number of amides is 1. The summed E-state index contributed by atoms with van der Waals surface area (Å²) in [5.41, 5.74) is 2.54. The zero-order valence-corrected chi connectivity index (χ0v) is 16.5. The topological polar surface area (TPSA) is 97.1 Å². The minimum atomic E-state index is -0.825. The van der Waals surface area contributed by atoms with Crippen LogP contribution in [0.25, 0.3) is 11.3 Å². The molecule has 4 saturated carbocycles. The summed E-state index contributed by atoms with van der Waals surface area (Å²) in [6, 6.07) is 8.65. The lowest BCUT2D eigenvalue weighted by atomic mass is 9.65. The van der Waals surface area contributed by atoms with Crippen molar-refractivity contribution in [3.63, 3.8) is 0 Å². The summed E-state index contributed by atoms with van der Waals surface area (Å²) < 4.78 is 1.89. The van der Waals surface area contributed by atoms with Crippen LogP contribution in [0, 0.1) is 17.3 Å². The predicted octanol–water partition coefficient (Wildman–Crippen LogP) is 2.83. The summed E-state index contributed by atoms with van der Waals surface area (Å²) in [7, 11) is 0. The summed E-state index contributed by atoms with van der Waals surface area (Å²) >= 11 is 0. The van der Waals surface area contributed by atoms with Crippen molar-refractivity contribution in [1.82, 2.24) is 20.3 Å². The minimum absolute atomic E-state index is 0.0576. The van der Waals surface area contributed by atoms with E-state index in [9.17, 15) is 14.7 Å². The maximum absolute atomic E-state index is 12.8. The number of benzene rings is 1. The zero-order chi connectivity index (χ0) is 20.2. The largest absolute Gasteiger partial charge is 0.481 e. The Morgan fingerprint density at radius 3 is 2.79 bits per heavy atom. The van der Waals surface area contributed by atoms with Crippen LogP contribution in [0.3, 0.4) is 0 Å². The number of aromatic nitrogens is 3. The van der Waals surface area contributed by atoms with Crippen LogP contribution < -0.4 is 5.32 Å². The third kappa shape index (κ3) is 2.94. The summed E-state index contributed by atoms with van der Waals surface area (Å²) in [6.07, 6.45) is 6.68. The fourth-order valence-corrected chi connectivity index (χ4v) is 5.45. The molecule has 1 amide bonds. The summed E-state index contributed by atoms with van der Waals surface area (Å²) in [6.45, 7) is 2.13. The second-order valence-corrected chi connectivity index (χ2v) is 8.99. The van der Waals surface area contributed by atoms with Crippen LogP contribution in [0.4, 0.5) is 0 Å². The van der Waals surface area contributed by atoms with E-state index >= 15 is 0 Å². The van der Waals surface area contributed by atoms with E-state index in [2.05, 4.69) is 34.7 Å². The SMILES string of the molecule is CCc1cccc(-c2cn(C3CC(NC(=O)C45CC(CC4C(=O)O)C5)C3)nn2)c1. The molecule has 7 nitrogen and oxygen atoms in total. The van der Waals surface area contributed by atoms with Crippen LogP contribution in [-0.2, 0) is 16.0 Å². The molecular formula is C22H26N4O3. The fourth-order valence-electron chi connectivity index (χ4n) is 5.45. The monoisotopic (exact) mass is 394 g/mol. The second-order valence-electron chi connectivity index (χ2n) is 8.99. The normalized spacial score (nSPS) is 32.3. The molecule has 1 aromatic carbocycles. The van der Waals surface area contributed by atoms with Crippen LogP contribution in [-0.4, -0.2) is 38.0 Å². The average molecular weight is 394 g/mol. The average Bonchev–Trinajstić information content (AvgIpc) is 3.37. The van der Waals surface area contributed by atoms with E-state index in [0.717, 1.165) is 43.4 Å². The molecule has 4 aliphatic carbocycles. The van der Waals surface area contributed by atoms with E-state index in [1.165, 1.54) is 5.56 Å². The molecule has 1 aromatic heterocycles. The van der Waals surface area contributed by atoms with Gasteiger partial charge in [0.25, 0.3) is 0 Å². The lowest BCUT2D eigenvalue weighted by molar-refractivity contribution is -0.153. The van der Waals surface area contributed by atoms with Gasteiger partial charge in [-0.1, -0.05) is 30.3 Å². The van der Waals surface area contributed by atoms with E-state index in [1.54, 1.807) is 0 Å². The Hall–Kier alpha value is -2.70. The van der Waals surface area contributed by atoms with Gasteiger partial charge in [-0.3, -0.25) is 9.59 Å². The Labute approximate surface area is 169 Å². The highest BCUT2D eigenvalue weighted by Gasteiger charge is 2.64. The van der Waals surface area contributed by atoms with E-state index in [-0.39, 0.29) is 18.0 Å². The Morgan fingerprint density at radius 2 is 2.07 bits per heavy atom. The number of aliphatic carboxylic acids is 1. The van der Waals surface area contributed by atoms with Crippen LogP contribution in [0.1, 0.15) is 50.6 Å². The van der Waals surface area contributed by atoms with Gasteiger partial charge in [-0.25, -0.2) is 4.68 Å². The second kappa shape index (κ2) is 6.68. The highest BCUT2D eigenvalue weighted by Crippen LogP contribution is 2.62. The highest BCUT2D eigenvalue weighted by molar-refractivity contribution is 5.90. The van der Waals surface area contributed by atoms with Crippen molar-refractivity contribution < 1.29 is 14.7 Å². The third-order valence-corrected chi connectivity index (χ3v) is 7.26. The number of nitrogens with zero attached hydrogens (tertiary/aromatic N) is 3. The smallest absolute Gasteiger partial charge is 0.307 e. The van der Waals surface area contributed by atoms with E-state index in [0.29, 0.717) is 12.3 Å². The number of fused-ring (bicyclic) bond motifs is 1. The number of carboxylic acid groups (broad SMARTS) is 1. The highest BCUT2D eigenvalue weighted by atomic mass is 16.4. The molecule has 2 aromatic rings. The molecule has 0 spiro atoms. The zero-order valence-electron chi connectivity index (χ0n) is 16.5. The number of hydrogen-bond acceptors (Lipinski definition) is 4. The van der Waals surface area contributed by atoms with Gasteiger partial charge in [0.1, 0.15) is 5.69 Å². The standard InChI is InChI=1S/C22H26N4O3/c1-2-13-4-3-5-15(6-13)19-12-26(25-24-19)17-8-16(9-17)23-21(29)22-10-14(11-22)7-18(22)20(27)28/h3-6,12,14,16-18H,2,7-11H2,1H3,(H,23,29)(H,27,28). The van der Waals surface area contributed by atoms with Crippen LogP contribution in [0.5, 0.6) is 0 Å². The van der Waals surface area contributed by atoms with E-state index in [1.807, 2.05) is 23.0 Å². The van der Waals surface area contributed by atoms with Gasteiger partial charge < -0.3 is 10.4 Å². The predicted molar refractivity (Wildman–Crippen MR) is 106 cm³/mol. The van der Waals surface area contributed by atoms with Gasteiger partial charge >= 0.3 is 5.97 Å². The first-order valence-corrected chi connectivity index (χ1v) is 10.5. The Morgan fingerprint density at radius 1 is 1.28 bits per heavy atom. The van der Waals surface area contributed by atoms with Crippen LogP contribution in [0.2, 0.25) is 0 Å². The van der Waals surface area contributed by atoms with Gasteiger partial charge in [0.05, 0.1) is 23.6 Å². The molecule has 4 aliphatic rings. The molecule has 4 fully saturated rings. The lowest BCUT2D eigenvalue weighted by Crippen LogP contribution is -2.54. The molecule has 7 heteroatoms.